The van der Waals surface area contributed by atoms with Gasteiger partial charge in [0.25, 0.3) is 5.91 Å². The average molecular weight is 294 g/mol. The van der Waals surface area contributed by atoms with Gasteiger partial charge in [0.05, 0.1) is 5.56 Å². The Morgan fingerprint density at radius 3 is 2.65 bits per heavy atom. The van der Waals surface area contributed by atoms with Crippen LogP contribution in [-0.2, 0) is 10.2 Å². The minimum Gasteiger partial charge on any atom is -0.463 e. The van der Waals surface area contributed by atoms with Crippen LogP contribution in [0.3, 0.4) is 0 Å². The third kappa shape index (κ3) is 2.30. The monoisotopic (exact) mass is 294 g/mol. The second kappa shape index (κ2) is 4.92. The SMILES string of the molecule is O=C(NS(=O)(=O)N1CCCC1)c1coc2ccccc12. The van der Waals surface area contributed by atoms with Gasteiger partial charge in [0.2, 0.25) is 0 Å². The third-order valence-corrected chi connectivity index (χ3v) is 4.84. The number of hydrogen-bond acceptors (Lipinski definition) is 4. The topological polar surface area (TPSA) is 79.6 Å². The number of rotatable bonds is 3. The molecule has 0 radical (unpaired) electrons. The zero-order valence-corrected chi connectivity index (χ0v) is 11.5. The Morgan fingerprint density at radius 2 is 1.90 bits per heavy atom. The van der Waals surface area contributed by atoms with Gasteiger partial charge in [-0.2, -0.15) is 12.7 Å². The summed E-state index contributed by atoms with van der Waals surface area (Å²) in [5.74, 6) is -0.665. The molecule has 1 aromatic heterocycles. The molecule has 0 bridgehead atoms. The highest BCUT2D eigenvalue weighted by molar-refractivity contribution is 7.87. The molecule has 0 spiro atoms. The van der Waals surface area contributed by atoms with Gasteiger partial charge in [-0.3, -0.25) is 4.79 Å². The molecule has 20 heavy (non-hydrogen) atoms. The number of carbonyl (C=O) groups is 1. The first-order valence-corrected chi connectivity index (χ1v) is 7.80. The molecule has 6 nitrogen and oxygen atoms in total. The molecule has 1 aliphatic rings. The van der Waals surface area contributed by atoms with Gasteiger partial charge in [-0.05, 0) is 18.9 Å². The van der Waals surface area contributed by atoms with E-state index in [-0.39, 0.29) is 5.56 Å². The Kier molecular flexibility index (Phi) is 3.23. The lowest BCUT2D eigenvalue weighted by atomic mass is 10.2. The summed E-state index contributed by atoms with van der Waals surface area (Å²) in [6, 6.07) is 7.00. The van der Waals surface area contributed by atoms with E-state index in [1.54, 1.807) is 24.3 Å². The molecule has 1 aromatic carbocycles. The molecule has 0 saturated carbocycles. The maximum Gasteiger partial charge on any atom is 0.304 e. The van der Waals surface area contributed by atoms with E-state index in [2.05, 4.69) is 4.72 Å². The number of amides is 1. The van der Waals surface area contributed by atoms with Gasteiger partial charge < -0.3 is 4.42 Å². The van der Waals surface area contributed by atoms with Gasteiger partial charge in [-0.15, -0.1) is 0 Å². The van der Waals surface area contributed by atoms with Gasteiger partial charge in [0.15, 0.2) is 0 Å². The maximum atomic E-state index is 12.1. The Morgan fingerprint density at radius 1 is 1.20 bits per heavy atom. The quantitative estimate of drug-likeness (QED) is 0.930. The van der Waals surface area contributed by atoms with E-state index < -0.39 is 16.1 Å². The van der Waals surface area contributed by atoms with E-state index in [1.807, 2.05) is 0 Å². The predicted octanol–water partition coefficient (Wildman–Crippen LogP) is 1.50. The van der Waals surface area contributed by atoms with Gasteiger partial charge in [-0.25, -0.2) is 4.72 Å². The van der Waals surface area contributed by atoms with E-state index in [0.717, 1.165) is 12.8 Å². The molecular weight excluding hydrogens is 280 g/mol. The Hall–Kier alpha value is -1.86. The summed E-state index contributed by atoms with van der Waals surface area (Å²) >= 11 is 0. The molecule has 1 aliphatic heterocycles. The van der Waals surface area contributed by atoms with Crippen molar-refractivity contribution in [2.75, 3.05) is 13.1 Å². The molecule has 3 rings (SSSR count). The minimum absolute atomic E-state index is 0.225. The first-order valence-electron chi connectivity index (χ1n) is 6.36. The number of benzene rings is 1. The molecule has 2 heterocycles. The van der Waals surface area contributed by atoms with Crippen molar-refractivity contribution in [3.8, 4) is 0 Å². The largest absolute Gasteiger partial charge is 0.463 e. The van der Waals surface area contributed by atoms with Crippen LogP contribution in [0.2, 0.25) is 0 Å². The van der Waals surface area contributed by atoms with Crippen molar-refractivity contribution in [2.45, 2.75) is 12.8 Å². The molecule has 106 valence electrons. The van der Waals surface area contributed by atoms with Crippen molar-refractivity contribution in [3.05, 3.63) is 36.1 Å². The van der Waals surface area contributed by atoms with E-state index in [4.69, 9.17) is 4.42 Å². The van der Waals surface area contributed by atoms with Crippen LogP contribution in [0, 0.1) is 0 Å². The van der Waals surface area contributed by atoms with Gasteiger partial charge in [-0.1, -0.05) is 18.2 Å². The summed E-state index contributed by atoms with van der Waals surface area (Å²) in [4.78, 5) is 12.1. The minimum atomic E-state index is -3.76. The molecule has 7 heteroatoms. The Labute approximate surface area is 116 Å². The molecule has 1 saturated heterocycles. The smallest absolute Gasteiger partial charge is 0.304 e. The summed E-state index contributed by atoms with van der Waals surface area (Å²) < 4.78 is 32.7. The molecule has 1 N–H and O–H groups in total. The van der Waals surface area contributed by atoms with Crippen molar-refractivity contribution >= 4 is 27.1 Å². The molecule has 0 atom stereocenters. The van der Waals surface area contributed by atoms with Crippen molar-refractivity contribution in [2.24, 2.45) is 0 Å². The van der Waals surface area contributed by atoms with Gasteiger partial charge in [0.1, 0.15) is 11.8 Å². The van der Waals surface area contributed by atoms with E-state index >= 15 is 0 Å². The first kappa shape index (κ1) is 13.1. The highest BCUT2D eigenvalue weighted by Gasteiger charge is 2.28. The normalized spacial score (nSPS) is 16.6. The van der Waals surface area contributed by atoms with E-state index in [0.29, 0.717) is 24.1 Å². The summed E-state index contributed by atoms with van der Waals surface area (Å²) in [7, 11) is -3.76. The fraction of sp³-hybridized carbons (Fsp3) is 0.308. The standard InChI is InChI=1S/C13H14N2O4S/c16-13(14-20(17,18)15-7-3-4-8-15)11-9-19-12-6-2-1-5-10(11)12/h1-2,5-6,9H,3-4,7-8H2,(H,14,16). The number of fused-ring (bicyclic) bond motifs is 1. The predicted molar refractivity (Wildman–Crippen MR) is 73.4 cm³/mol. The number of nitrogens with zero attached hydrogens (tertiary/aromatic N) is 1. The fourth-order valence-corrected chi connectivity index (χ4v) is 3.53. The van der Waals surface area contributed by atoms with Crippen LogP contribution in [0.25, 0.3) is 11.0 Å². The molecule has 1 amide bonds. The van der Waals surface area contributed by atoms with Crippen LogP contribution >= 0.6 is 0 Å². The second-order valence-corrected chi connectivity index (χ2v) is 6.36. The number of nitrogens with one attached hydrogen (secondary N) is 1. The number of furan rings is 1. The van der Waals surface area contributed by atoms with Crippen molar-refractivity contribution < 1.29 is 17.6 Å². The number of carbonyl (C=O) groups excluding carboxylic acids is 1. The summed E-state index contributed by atoms with van der Waals surface area (Å²) in [6.07, 6.45) is 2.92. The Bertz CT molecular complexity index is 745. The second-order valence-electron chi connectivity index (χ2n) is 4.69. The highest BCUT2D eigenvalue weighted by atomic mass is 32.2. The van der Waals surface area contributed by atoms with Crippen LogP contribution in [-0.4, -0.2) is 31.7 Å². The highest BCUT2D eigenvalue weighted by Crippen LogP contribution is 2.21. The zero-order chi connectivity index (χ0) is 14.2. The van der Waals surface area contributed by atoms with Crippen LogP contribution in [0.1, 0.15) is 23.2 Å². The van der Waals surface area contributed by atoms with Crippen LogP contribution in [0.15, 0.2) is 34.9 Å². The van der Waals surface area contributed by atoms with E-state index in [1.165, 1.54) is 10.6 Å². The van der Waals surface area contributed by atoms with Crippen molar-refractivity contribution in [3.63, 3.8) is 0 Å². The van der Waals surface area contributed by atoms with Crippen LogP contribution < -0.4 is 4.72 Å². The average Bonchev–Trinajstić information content (AvgIpc) is 3.08. The zero-order valence-electron chi connectivity index (χ0n) is 10.7. The summed E-state index contributed by atoms with van der Waals surface area (Å²) in [6.45, 7) is 0.906. The van der Waals surface area contributed by atoms with E-state index in [9.17, 15) is 13.2 Å². The maximum absolute atomic E-state index is 12.1. The summed E-state index contributed by atoms with van der Waals surface area (Å²) in [5, 5.41) is 0.599. The van der Waals surface area contributed by atoms with Crippen molar-refractivity contribution in [1.82, 2.24) is 9.03 Å². The third-order valence-electron chi connectivity index (χ3n) is 3.35. The lowest BCUT2D eigenvalue weighted by Crippen LogP contribution is -2.41. The van der Waals surface area contributed by atoms with Crippen molar-refractivity contribution in [1.29, 1.82) is 0 Å². The Balaban J connectivity index is 1.86. The lowest BCUT2D eigenvalue weighted by molar-refractivity contribution is 0.0980. The van der Waals surface area contributed by atoms with Gasteiger partial charge in [0, 0.05) is 18.5 Å². The molecular formula is C13H14N2O4S. The molecule has 1 fully saturated rings. The number of para-hydroxylation sites is 1. The number of hydrogen-bond donors (Lipinski definition) is 1. The van der Waals surface area contributed by atoms with Crippen LogP contribution in [0.5, 0.6) is 0 Å². The molecule has 0 unspecified atom stereocenters. The van der Waals surface area contributed by atoms with Crippen LogP contribution in [0.4, 0.5) is 0 Å². The molecule has 2 aromatic rings. The first-order chi connectivity index (χ1) is 9.58. The molecule has 0 aliphatic carbocycles. The summed E-state index contributed by atoms with van der Waals surface area (Å²) in [5.41, 5.74) is 0.777. The van der Waals surface area contributed by atoms with Gasteiger partial charge >= 0.3 is 10.2 Å². The fourth-order valence-electron chi connectivity index (χ4n) is 2.32. The lowest BCUT2D eigenvalue weighted by Gasteiger charge is -2.15.